The van der Waals surface area contributed by atoms with Gasteiger partial charge in [-0.05, 0) is 44.5 Å². The number of hydrogen-bond donors (Lipinski definition) is 2. The summed E-state index contributed by atoms with van der Waals surface area (Å²) in [4.78, 5) is 6.60. The van der Waals surface area contributed by atoms with Crippen LogP contribution >= 0.6 is 24.0 Å². The maximum Gasteiger partial charge on any atom is 0.191 e. The van der Waals surface area contributed by atoms with Gasteiger partial charge < -0.3 is 15.5 Å². The van der Waals surface area contributed by atoms with Crippen molar-refractivity contribution < 1.29 is 0 Å². The first-order valence-electron chi connectivity index (χ1n) is 8.09. The maximum atomic E-state index is 4.32. The maximum absolute atomic E-state index is 4.32. The first-order valence-corrected chi connectivity index (χ1v) is 8.09. The molecule has 1 unspecified atom stereocenters. The molecule has 4 nitrogen and oxygen atoms in total. The van der Waals surface area contributed by atoms with E-state index in [1.165, 1.54) is 17.5 Å². The Labute approximate surface area is 159 Å². The van der Waals surface area contributed by atoms with Crippen molar-refractivity contribution >= 4 is 29.9 Å². The molecule has 5 heteroatoms. The molecule has 1 aromatic carbocycles. The highest BCUT2D eigenvalue weighted by atomic mass is 127. The summed E-state index contributed by atoms with van der Waals surface area (Å²) in [5.74, 6) is 1.55. The van der Waals surface area contributed by atoms with Crippen LogP contribution in [0, 0.1) is 12.8 Å². The predicted molar refractivity (Wildman–Crippen MR) is 112 cm³/mol. The van der Waals surface area contributed by atoms with Crippen LogP contribution in [0.5, 0.6) is 0 Å². The van der Waals surface area contributed by atoms with Gasteiger partial charge in [0.1, 0.15) is 0 Å². The van der Waals surface area contributed by atoms with Crippen molar-refractivity contribution in [1.29, 1.82) is 0 Å². The van der Waals surface area contributed by atoms with Crippen LogP contribution in [0.1, 0.15) is 31.4 Å². The first kappa shape index (κ1) is 22.2. The number of aryl methyl sites for hydroxylation is 1. The molecule has 0 saturated carbocycles. The van der Waals surface area contributed by atoms with Crippen molar-refractivity contribution in [2.24, 2.45) is 10.9 Å². The molecule has 23 heavy (non-hydrogen) atoms. The van der Waals surface area contributed by atoms with Gasteiger partial charge >= 0.3 is 0 Å². The van der Waals surface area contributed by atoms with Gasteiger partial charge in [0.25, 0.3) is 0 Å². The molecule has 0 heterocycles. The molecule has 132 valence electrons. The van der Waals surface area contributed by atoms with E-state index in [0.29, 0.717) is 12.0 Å². The highest BCUT2D eigenvalue weighted by Gasteiger charge is 2.13. The molecule has 1 atom stereocenters. The van der Waals surface area contributed by atoms with Gasteiger partial charge in [-0.15, -0.1) is 24.0 Å². The van der Waals surface area contributed by atoms with E-state index in [9.17, 15) is 0 Å². The fourth-order valence-corrected chi connectivity index (χ4v) is 2.44. The van der Waals surface area contributed by atoms with E-state index in [4.69, 9.17) is 0 Å². The van der Waals surface area contributed by atoms with Crippen molar-refractivity contribution in [1.82, 2.24) is 15.5 Å². The molecule has 0 spiro atoms. The summed E-state index contributed by atoms with van der Waals surface area (Å²) in [6.45, 7) is 8.36. The van der Waals surface area contributed by atoms with Gasteiger partial charge in [0, 0.05) is 26.2 Å². The molecule has 0 radical (unpaired) electrons. The molecule has 0 amide bonds. The lowest BCUT2D eigenvalue weighted by Crippen LogP contribution is -2.45. The van der Waals surface area contributed by atoms with Crippen LogP contribution in [0.4, 0.5) is 0 Å². The van der Waals surface area contributed by atoms with Crippen LogP contribution in [0.15, 0.2) is 29.3 Å². The summed E-state index contributed by atoms with van der Waals surface area (Å²) in [6, 6.07) is 8.94. The number of guanidine groups is 1. The third-order valence-electron chi connectivity index (χ3n) is 3.91. The average Bonchev–Trinajstić information content (AvgIpc) is 2.47. The smallest absolute Gasteiger partial charge is 0.191 e. The van der Waals surface area contributed by atoms with Crippen molar-refractivity contribution in [2.75, 3.05) is 27.7 Å². The second-order valence-corrected chi connectivity index (χ2v) is 6.48. The lowest BCUT2D eigenvalue weighted by Gasteiger charge is -2.27. The summed E-state index contributed by atoms with van der Waals surface area (Å²) in [7, 11) is 6.09. The monoisotopic (exact) mass is 432 g/mol. The normalized spacial score (nSPS) is 13.0. The Bertz CT molecular complexity index is 472. The van der Waals surface area contributed by atoms with Crippen LogP contribution in [-0.2, 0) is 6.54 Å². The third-order valence-corrected chi connectivity index (χ3v) is 3.91. The Morgan fingerprint density at radius 2 is 1.83 bits per heavy atom. The number of nitrogens with zero attached hydrogens (tertiary/aromatic N) is 2. The van der Waals surface area contributed by atoms with Gasteiger partial charge in [-0.3, -0.25) is 4.99 Å². The quantitative estimate of drug-likeness (QED) is 0.395. The van der Waals surface area contributed by atoms with Crippen LogP contribution in [0.2, 0.25) is 0 Å². The van der Waals surface area contributed by atoms with E-state index in [2.05, 4.69) is 79.7 Å². The van der Waals surface area contributed by atoms with Gasteiger partial charge in [-0.1, -0.05) is 38.1 Å². The molecule has 2 N–H and O–H groups in total. The van der Waals surface area contributed by atoms with Gasteiger partial charge in [0.2, 0.25) is 0 Å². The highest BCUT2D eigenvalue weighted by molar-refractivity contribution is 14.0. The minimum Gasteiger partial charge on any atom is -0.355 e. The van der Waals surface area contributed by atoms with E-state index in [1.807, 2.05) is 7.05 Å². The fraction of sp³-hybridized carbons (Fsp3) is 0.611. The fourth-order valence-electron chi connectivity index (χ4n) is 2.44. The molecule has 0 saturated heterocycles. The largest absolute Gasteiger partial charge is 0.355 e. The number of likely N-dealkylation sites (N-methyl/N-ethyl adjacent to an activating group) is 1. The minimum absolute atomic E-state index is 0. The zero-order valence-electron chi connectivity index (χ0n) is 15.4. The summed E-state index contributed by atoms with van der Waals surface area (Å²) >= 11 is 0. The van der Waals surface area contributed by atoms with E-state index < -0.39 is 0 Å². The third kappa shape index (κ3) is 8.55. The molecular formula is C18H33IN4. The number of nitrogens with one attached hydrogen (secondary N) is 2. The van der Waals surface area contributed by atoms with E-state index in [0.717, 1.165) is 19.0 Å². The molecule has 0 bridgehead atoms. The lowest BCUT2D eigenvalue weighted by atomic mass is 10.0. The Morgan fingerprint density at radius 1 is 1.17 bits per heavy atom. The zero-order chi connectivity index (χ0) is 16.5. The summed E-state index contributed by atoms with van der Waals surface area (Å²) in [5, 5.41) is 6.84. The van der Waals surface area contributed by atoms with Gasteiger partial charge in [0.15, 0.2) is 5.96 Å². The zero-order valence-corrected chi connectivity index (χ0v) is 17.7. The number of benzene rings is 1. The van der Waals surface area contributed by atoms with Gasteiger partial charge in [0.05, 0.1) is 0 Å². The number of halogens is 1. The van der Waals surface area contributed by atoms with Crippen molar-refractivity contribution in [3.8, 4) is 0 Å². The summed E-state index contributed by atoms with van der Waals surface area (Å²) in [6.07, 6.45) is 1.18. The van der Waals surface area contributed by atoms with E-state index in [-0.39, 0.29) is 24.0 Å². The van der Waals surface area contributed by atoms with E-state index >= 15 is 0 Å². The van der Waals surface area contributed by atoms with Crippen LogP contribution < -0.4 is 10.6 Å². The lowest BCUT2D eigenvalue weighted by molar-refractivity contribution is 0.254. The predicted octanol–water partition coefficient (Wildman–Crippen LogP) is 3.25. The molecule has 0 aliphatic carbocycles. The minimum atomic E-state index is 0. The summed E-state index contributed by atoms with van der Waals surface area (Å²) < 4.78 is 0. The second-order valence-electron chi connectivity index (χ2n) is 6.48. The SMILES string of the molecule is CN=C(NCc1ccccc1C)NCC(CC(C)C)N(C)C.I. The number of aliphatic imine (C=N–C) groups is 1. The second kappa shape index (κ2) is 11.7. The van der Waals surface area contributed by atoms with Gasteiger partial charge in [-0.25, -0.2) is 0 Å². The number of hydrogen-bond acceptors (Lipinski definition) is 2. The molecule has 1 rings (SSSR count). The van der Waals surface area contributed by atoms with Crippen LogP contribution in [0.3, 0.4) is 0 Å². The molecule has 0 fully saturated rings. The van der Waals surface area contributed by atoms with Gasteiger partial charge in [-0.2, -0.15) is 0 Å². The average molecular weight is 432 g/mol. The molecule has 1 aromatic rings. The topological polar surface area (TPSA) is 39.7 Å². The van der Waals surface area contributed by atoms with Crippen molar-refractivity contribution in [3.63, 3.8) is 0 Å². The standard InChI is InChI=1S/C18H32N4.HI/c1-14(2)11-17(22(5)6)13-21-18(19-4)20-12-16-10-8-7-9-15(16)3;/h7-10,14,17H,11-13H2,1-6H3,(H2,19,20,21);1H. The van der Waals surface area contributed by atoms with Crippen molar-refractivity contribution in [3.05, 3.63) is 35.4 Å². The Morgan fingerprint density at radius 3 is 2.35 bits per heavy atom. The first-order chi connectivity index (χ1) is 10.4. The van der Waals surface area contributed by atoms with Crippen LogP contribution in [-0.4, -0.2) is 44.6 Å². The van der Waals surface area contributed by atoms with Crippen molar-refractivity contribution in [2.45, 2.75) is 39.8 Å². The summed E-state index contributed by atoms with van der Waals surface area (Å²) in [5.41, 5.74) is 2.60. The van der Waals surface area contributed by atoms with E-state index in [1.54, 1.807) is 0 Å². The van der Waals surface area contributed by atoms with Crippen LogP contribution in [0.25, 0.3) is 0 Å². The molecular weight excluding hydrogens is 399 g/mol. The number of rotatable bonds is 7. The molecule has 0 aliphatic rings. The Kier molecular flexibility index (Phi) is 11.3. The molecule has 0 aromatic heterocycles. The Hall–Kier alpha value is -0.820. The molecule has 0 aliphatic heterocycles. The highest BCUT2D eigenvalue weighted by Crippen LogP contribution is 2.08. The Balaban J connectivity index is 0.00000484.